The molecule has 2 aliphatic heterocycles. The molecule has 9 nitrogen and oxygen atoms in total. The number of pyridine rings is 1. The summed E-state index contributed by atoms with van der Waals surface area (Å²) in [5.74, 6) is 0.390. The SMILES string of the molecule is CN1CCN(S(=O)(=O)c2ccc(-n3[nH]c4c(c3=O)CCNC4)nc2)CC1. The molecular weight excluding hydrogens is 356 g/mol. The maximum atomic E-state index is 12.8. The van der Waals surface area contributed by atoms with Crippen LogP contribution in [0, 0.1) is 0 Å². The molecular formula is C16H22N6O3S. The van der Waals surface area contributed by atoms with Crippen LogP contribution >= 0.6 is 0 Å². The van der Waals surface area contributed by atoms with Crippen LogP contribution in [0.5, 0.6) is 0 Å². The Morgan fingerprint density at radius 2 is 1.92 bits per heavy atom. The first kappa shape index (κ1) is 17.4. The maximum Gasteiger partial charge on any atom is 0.276 e. The van der Waals surface area contributed by atoms with Gasteiger partial charge in [0.15, 0.2) is 5.82 Å². The van der Waals surface area contributed by atoms with E-state index in [0.717, 1.165) is 17.8 Å². The summed E-state index contributed by atoms with van der Waals surface area (Å²) in [5, 5.41) is 6.27. The van der Waals surface area contributed by atoms with Crippen LogP contribution in [-0.2, 0) is 23.0 Å². The highest BCUT2D eigenvalue weighted by atomic mass is 32.2. The minimum atomic E-state index is -3.56. The highest BCUT2D eigenvalue weighted by Crippen LogP contribution is 2.18. The molecule has 0 saturated carbocycles. The van der Waals surface area contributed by atoms with Crippen molar-refractivity contribution in [1.29, 1.82) is 0 Å². The molecule has 2 aromatic rings. The Morgan fingerprint density at radius 1 is 1.15 bits per heavy atom. The van der Waals surface area contributed by atoms with Gasteiger partial charge < -0.3 is 10.2 Å². The van der Waals surface area contributed by atoms with Gasteiger partial charge in [-0.2, -0.15) is 4.31 Å². The summed E-state index contributed by atoms with van der Waals surface area (Å²) >= 11 is 0. The molecule has 0 amide bonds. The molecule has 4 rings (SSSR count). The summed E-state index contributed by atoms with van der Waals surface area (Å²) in [5.41, 5.74) is 1.50. The lowest BCUT2D eigenvalue weighted by Gasteiger charge is -2.31. The van der Waals surface area contributed by atoms with Gasteiger partial charge in [0.25, 0.3) is 5.56 Å². The topological polar surface area (TPSA) is 103 Å². The van der Waals surface area contributed by atoms with Gasteiger partial charge in [-0.25, -0.2) is 18.1 Å². The van der Waals surface area contributed by atoms with Crippen molar-refractivity contribution in [2.24, 2.45) is 0 Å². The average molecular weight is 378 g/mol. The van der Waals surface area contributed by atoms with Crippen LogP contribution in [0.1, 0.15) is 11.3 Å². The molecule has 2 aliphatic rings. The van der Waals surface area contributed by atoms with Crippen molar-refractivity contribution < 1.29 is 8.42 Å². The quantitative estimate of drug-likeness (QED) is 0.721. The summed E-state index contributed by atoms with van der Waals surface area (Å²) in [6, 6.07) is 3.08. The number of hydrogen-bond donors (Lipinski definition) is 2. The lowest BCUT2D eigenvalue weighted by molar-refractivity contribution is 0.222. The largest absolute Gasteiger partial charge is 0.311 e. The van der Waals surface area contributed by atoms with Crippen molar-refractivity contribution in [3.8, 4) is 5.82 Å². The van der Waals surface area contributed by atoms with E-state index in [0.29, 0.717) is 45.0 Å². The third-order valence-corrected chi connectivity index (χ3v) is 6.86. The second-order valence-corrected chi connectivity index (χ2v) is 8.63. The number of nitrogens with one attached hydrogen (secondary N) is 2. The number of H-pyrrole nitrogens is 1. The summed E-state index contributed by atoms with van der Waals surface area (Å²) in [6.45, 7) is 3.75. The predicted molar refractivity (Wildman–Crippen MR) is 95.9 cm³/mol. The number of aromatic nitrogens is 3. The predicted octanol–water partition coefficient (Wildman–Crippen LogP) is -0.858. The van der Waals surface area contributed by atoms with Crippen molar-refractivity contribution in [2.75, 3.05) is 39.8 Å². The molecule has 26 heavy (non-hydrogen) atoms. The third kappa shape index (κ3) is 2.98. The number of hydrogen-bond acceptors (Lipinski definition) is 6. The van der Waals surface area contributed by atoms with Crippen LogP contribution in [0.2, 0.25) is 0 Å². The number of likely N-dealkylation sites (N-methyl/N-ethyl adjacent to an activating group) is 1. The van der Waals surface area contributed by atoms with Gasteiger partial charge in [0, 0.05) is 44.5 Å². The molecule has 0 aliphatic carbocycles. The van der Waals surface area contributed by atoms with Crippen LogP contribution in [0.3, 0.4) is 0 Å². The molecule has 0 spiro atoms. The van der Waals surface area contributed by atoms with Crippen LogP contribution in [-0.4, -0.2) is 72.2 Å². The maximum absolute atomic E-state index is 12.8. The van der Waals surface area contributed by atoms with Gasteiger partial charge in [-0.05, 0) is 32.1 Å². The van der Waals surface area contributed by atoms with Gasteiger partial charge in [-0.15, -0.1) is 0 Å². The number of sulfonamides is 1. The molecule has 140 valence electrons. The molecule has 10 heteroatoms. The minimum absolute atomic E-state index is 0.122. The van der Waals surface area contributed by atoms with Gasteiger partial charge in [0.05, 0.1) is 5.69 Å². The fraction of sp³-hybridized carbons (Fsp3) is 0.500. The van der Waals surface area contributed by atoms with E-state index in [1.165, 1.54) is 21.3 Å². The van der Waals surface area contributed by atoms with Crippen LogP contribution in [0.4, 0.5) is 0 Å². The number of aromatic amines is 1. The molecule has 2 aromatic heterocycles. The first-order valence-corrected chi connectivity index (χ1v) is 10.1. The Bertz CT molecular complexity index is 955. The van der Waals surface area contributed by atoms with Gasteiger partial charge in [-0.3, -0.25) is 9.89 Å². The summed E-state index contributed by atoms with van der Waals surface area (Å²) in [6.07, 6.45) is 2.00. The molecule has 0 radical (unpaired) electrons. The first-order valence-electron chi connectivity index (χ1n) is 8.65. The monoisotopic (exact) mass is 378 g/mol. The first-order chi connectivity index (χ1) is 12.5. The molecule has 2 N–H and O–H groups in total. The van der Waals surface area contributed by atoms with Crippen LogP contribution in [0.15, 0.2) is 28.0 Å². The number of nitrogens with zero attached hydrogens (tertiary/aromatic N) is 4. The van der Waals surface area contributed by atoms with Crippen LogP contribution < -0.4 is 10.9 Å². The summed E-state index contributed by atoms with van der Waals surface area (Å²) in [7, 11) is -1.58. The fourth-order valence-electron chi connectivity index (χ4n) is 3.34. The molecule has 0 bridgehead atoms. The Labute approximate surface area is 151 Å². The molecule has 0 aromatic carbocycles. The zero-order valence-corrected chi connectivity index (χ0v) is 15.4. The van der Waals surface area contributed by atoms with Crippen molar-refractivity contribution in [3.63, 3.8) is 0 Å². The van der Waals surface area contributed by atoms with E-state index in [2.05, 4.69) is 20.3 Å². The van der Waals surface area contributed by atoms with Gasteiger partial charge >= 0.3 is 0 Å². The van der Waals surface area contributed by atoms with Gasteiger partial charge in [0.1, 0.15) is 4.90 Å². The third-order valence-electron chi connectivity index (χ3n) is 4.98. The minimum Gasteiger partial charge on any atom is -0.311 e. The second kappa shape index (κ2) is 6.62. The zero-order chi connectivity index (χ0) is 18.3. The van der Waals surface area contributed by atoms with E-state index < -0.39 is 10.0 Å². The van der Waals surface area contributed by atoms with E-state index >= 15 is 0 Å². The van der Waals surface area contributed by atoms with E-state index in [1.807, 2.05) is 7.05 Å². The zero-order valence-electron chi connectivity index (χ0n) is 14.6. The highest BCUT2D eigenvalue weighted by molar-refractivity contribution is 7.89. The number of fused-ring (bicyclic) bond motifs is 1. The standard InChI is InChI=1S/C16H22N6O3S/c1-20-6-8-21(9-7-20)26(24,25)12-2-3-15(18-10-12)22-16(23)13-4-5-17-11-14(13)19-22/h2-3,10,17,19H,4-9,11H2,1H3. The molecule has 0 unspecified atom stereocenters. The highest BCUT2D eigenvalue weighted by Gasteiger charge is 2.28. The summed E-state index contributed by atoms with van der Waals surface area (Å²) in [4.78, 5) is 19.0. The Hall–Kier alpha value is -2.01. The lowest BCUT2D eigenvalue weighted by atomic mass is 10.1. The van der Waals surface area contributed by atoms with Crippen molar-refractivity contribution >= 4 is 10.0 Å². The normalized spacial score (nSPS) is 19.4. The van der Waals surface area contributed by atoms with E-state index in [1.54, 1.807) is 6.07 Å². The lowest BCUT2D eigenvalue weighted by Crippen LogP contribution is -2.47. The smallest absolute Gasteiger partial charge is 0.276 e. The molecule has 0 atom stereocenters. The van der Waals surface area contributed by atoms with Crippen LogP contribution in [0.25, 0.3) is 5.82 Å². The Balaban J connectivity index is 1.61. The van der Waals surface area contributed by atoms with Crippen molar-refractivity contribution in [1.82, 2.24) is 29.3 Å². The second-order valence-electron chi connectivity index (χ2n) is 6.70. The Morgan fingerprint density at radius 3 is 2.58 bits per heavy atom. The van der Waals surface area contributed by atoms with E-state index in [9.17, 15) is 13.2 Å². The molecule has 4 heterocycles. The average Bonchev–Trinajstić information content (AvgIpc) is 2.99. The van der Waals surface area contributed by atoms with Crippen molar-refractivity contribution in [2.45, 2.75) is 17.9 Å². The fourth-order valence-corrected chi connectivity index (χ4v) is 4.71. The Kier molecular flexibility index (Phi) is 4.43. The van der Waals surface area contributed by atoms with E-state index in [4.69, 9.17) is 0 Å². The van der Waals surface area contributed by atoms with Crippen molar-refractivity contribution in [3.05, 3.63) is 39.9 Å². The van der Waals surface area contributed by atoms with E-state index in [-0.39, 0.29) is 10.5 Å². The van der Waals surface area contributed by atoms with Gasteiger partial charge in [-0.1, -0.05) is 0 Å². The van der Waals surface area contributed by atoms with Gasteiger partial charge in [0.2, 0.25) is 10.0 Å². The number of piperazine rings is 1. The molecule has 1 fully saturated rings. The molecule has 1 saturated heterocycles. The number of rotatable bonds is 3. The summed E-state index contributed by atoms with van der Waals surface area (Å²) < 4.78 is 28.4.